The van der Waals surface area contributed by atoms with Crippen LogP contribution in [0.2, 0.25) is 0 Å². The van der Waals surface area contributed by atoms with E-state index in [9.17, 15) is 18.4 Å². The second kappa shape index (κ2) is 9.36. The lowest BCUT2D eigenvalue weighted by atomic mass is 10.0. The second-order valence-electron chi connectivity index (χ2n) is 6.67. The minimum absolute atomic E-state index is 0.0364. The second-order valence-corrected chi connectivity index (χ2v) is 6.67. The van der Waals surface area contributed by atoms with Gasteiger partial charge in [0, 0.05) is 29.9 Å². The number of amides is 3. The van der Waals surface area contributed by atoms with E-state index in [1.54, 1.807) is 47.4 Å². The van der Waals surface area contributed by atoms with Gasteiger partial charge in [0.05, 0.1) is 6.04 Å². The molecule has 6 nitrogen and oxygen atoms in total. The topological polar surface area (TPSA) is 70.7 Å². The predicted octanol–water partition coefficient (Wildman–Crippen LogP) is 4.69. The van der Waals surface area contributed by atoms with Gasteiger partial charge in [0.15, 0.2) is 0 Å². The van der Waals surface area contributed by atoms with Crippen LogP contribution in [0.5, 0.6) is 5.75 Å². The third kappa shape index (κ3) is 5.22. The van der Waals surface area contributed by atoms with E-state index in [2.05, 4.69) is 15.4 Å². The van der Waals surface area contributed by atoms with E-state index < -0.39 is 18.7 Å². The van der Waals surface area contributed by atoms with E-state index in [-0.39, 0.29) is 11.7 Å². The Balaban J connectivity index is 1.64. The number of benzene rings is 2. The molecule has 0 saturated carbocycles. The summed E-state index contributed by atoms with van der Waals surface area (Å²) in [6.45, 7) is -0.403. The van der Waals surface area contributed by atoms with Gasteiger partial charge >= 0.3 is 12.6 Å². The molecule has 0 radical (unpaired) electrons. The maximum Gasteiger partial charge on any atom is 0.387 e. The van der Waals surface area contributed by atoms with Crippen LogP contribution in [0.25, 0.3) is 0 Å². The number of carbonyl (C=O) groups excluding carboxylic acids is 2. The monoisotopic (exact) mass is 403 g/mol. The van der Waals surface area contributed by atoms with Crippen LogP contribution >= 0.6 is 0 Å². The maximum absolute atomic E-state index is 12.6. The molecular formula is C21H23F2N3O3. The molecule has 1 fully saturated rings. The average molecular weight is 403 g/mol. The zero-order valence-electron chi connectivity index (χ0n) is 16.0. The Morgan fingerprint density at radius 1 is 1.17 bits per heavy atom. The zero-order chi connectivity index (χ0) is 20.8. The van der Waals surface area contributed by atoms with Crippen molar-refractivity contribution in [3.8, 4) is 5.75 Å². The Labute approximate surface area is 167 Å². The fraction of sp³-hybridized carbons (Fsp3) is 0.333. The summed E-state index contributed by atoms with van der Waals surface area (Å²) in [5.74, 6) is 0.133. The van der Waals surface area contributed by atoms with E-state index >= 15 is 0 Å². The first kappa shape index (κ1) is 20.6. The number of hydrogen-bond donors (Lipinski definition) is 2. The average Bonchev–Trinajstić information content (AvgIpc) is 3.13. The summed E-state index contributed by atoms with van der Waals surface area (Å²) in [4.78, 5) is 25.9. The van der Waals surface area contributed by atoms with Crippen molar-refractivity contribution in [1.29, 1.82) is 0 Å². The van der Waals surface area contributed by atoms with Crippen LogP contribution in [-0.4, -0.2) is 25.1 Å². The number of rotatable bonds is 7. The van der Waals surface area contributed by atoms with Crippen LogP contribution in [0.3, 0.4) is 0 Å². The molecule has 1 heterocycles. The van der Waals surface area contributed by atoms with Gasteiger partial charge in [-0.1, -0.05) is 25.1 Å². The van der Waals surface area contributed by atoms with Crippen molar-refractivity contribution in [1.82, 2.24) is 5.32 Å². The Bertz CT molecular complexity index is 859. The molecule has 0 bridgehead atoms. The van der Waals surface area contributed by atoms with E-state index in [4.69, 9.17) is 0 Å². The zero-order valence-corrected chi connectivity index (χ0v) is 16.0. The van der Waals surface area contributed by atoms with Crippen LogP contribution in [0.4, 0.5) is 25.0 Å². The van der Waals surface area contributed by atoms with Gasteiger partial charge in [-0.15, -0.1) is 0 Å². The first-order chi connectivity index (χ1) is 14.0. The van der Waals surface area contributed by atoms with Crippen LogP contribution in [-0.2, 0) is 4.79 Å². The van der Waals surface area contributed by atoms with Crippen molar-refractivity contribution in [2.75, 3.05) is 16.8 Å². The van der Waals surface area contributed by atoms with Gasteiger partial charge in [-0.3, -0.25) is 4.79 Å². The van der Waals surface area contributed by atoms with Gasteiger partial charge in [-0.2, -0.15) is 8.78 Å². The molecule has 0 aromatic heterocycles. The van der Waals surface area contributed by atoms with E-state index in [0.29, 0.717) is 30.6 Å². The summed E-state index contributed by atoms with van der Waals surface area (Å²) in [6.07, 6.45) is 1.89. The first-order valence-electron chi connectivity index (χ1n) is 9.49. The molecule has 1 atom stereocenters. The molecule has 29 heavy (non-hydrogen) atoms. The van der Waals surface area contributed by atoms with Crippen molar-refractivity contribution < 1.29 is 23.1 Å². The van der Waals surface area contributed by atoms with Gasteiger partial charge in [0.1, 0.15) is 5.75 Å². The number of anilines is 2. The fourth-order valence-electron chi connectivity index (χ4n) is 3.34. The molecule has 2 aromatic rings. The quantitative estimate of drug-likeness (QED) is 0.705. The molecule has 3 rings (SSSR count). The smallest absolute Gasteiger partial charge is 0.387 e. The van der Waals surface area contributed by atoms with E-state index in [0.717, 1.165) is 12.1 Å². The number of carbonyl (C=O) groups is 2. The Hall–Kier alpha value is -3.16. The summed E-state index contributed by atoms with van der Waals surface area (Å²) >= 11 is 0. The summed E-state index contributed by atoms with van der Waals surface area (Å²) in [5.41, 5.74) is 1.83. The first-order valence-corrected chi connectivity index (χ1v) is 9.49. The molecule has 0 aliphatic carbocycles. The highest BCUT2D eigenvalue weighted by Crippen LogP contribution is 2.29. The highest BCUT2D eigenvalue weighted by molar-refractivity contribution is 5.96. The van der Waals surface area contributed by atoms with Crippen LogP contribution in [0.1, 0.15) is 37.8 Å². The number of nitrogens with one attached hydrogen (secondary N) is 2. The molecule has 1 aliphatic heterocycles. The molecule has 154 valence electrons. The molecule has 8 heteroatoms. The van der Waals surface area contributed by atoms with Gasteiger partial charge in [0.2, 0.25) is 5.91 Å². The summed E-state index contributed by atoms with van der Waals surface area (Å²) in [7, 11) is 0. The van der Waals surface area contributed by atoms with Gasteiger partial charge in [0.25, 0.3) is 0 Å². The molecule has 1 unspecified atom stereocenters. The number of ether oxygens (including phenoxy) is 1. The lowest BCUT2D eigenvalue weighted by molar-refractivity contribution is -0.117. The molecule has 3 amide bonds. The number of para-hydroxylation sites is 1. The standard InChI is InChI=1S/C21H23F2N3O3/c1-2-17(16-6-3-4-7-18(16)29-20(22)23)25-21(28)24-14-9-11-15(12-10-14)26-13-5-8-19(26)27/h3-4,6-7,9-12,17,20H,2,5,8,13H2,1H3,(H2,24,25,28). The number of alkyl halides is 2. The number of nitrogens with zero attached hydrogens (tertiary/aromatic N) is 1. The highest BCUT2D eigenvalue weighted by atomic mass is 19.3. The number of halogens is 2. The predicted molar refractivity (Wildman–Crippen MR) is 106 cm³/mol. The summed E-state index contributed by atoms with van der Waals surface area (Å²) in [5, 5.41) is 5.51. The molecule has 2 aromatic carbocycles. The Morgan fingerprint density at radius 2 is 1.90 bits per heavy atom. The largest absolute Gasteiger partial charge is 0.434 e. The van der Waals surface area contributed by atoms with Crippen LogP contribution < -0.4 is 20.3 Å². The molecular weight excluding hydrogens is 380 g/mol. The van der Waals surface area contributed by atoms with Crippen LogP contribution in [0, 0.1) is 0 Å². The lowest BCUT2D eigenvalue weighted by Gasteiger charge is -2.21. The Morgan fingerprint density at radius 3 is 2.52 bits per heavy atom. The van der Waals surface area contributed by atoms with E-state index in [1.165, 1.54) is 6.07 Å². The summed E-state index contributed by atoms with van der Waals surface area (Å²) in [6, 6.07) is 12.4. The minimum atomic E-state index is -2.94. The summed E-state index contributed by atoms with van der Waals surface area (Å²) < 4.78 is 29.8. The van der Waals surface area contributed by atoms with Gasteiger partial charge in [-0.05, 0) is 43.2 Å². The normalized spacial score (nSPS) is 14.8. The molecule has 1 saturated heterocycles. The van der Waals surface area contributed by atoms with Crippen molar-refractivity contribution >= 4 is 23.3 Å². The lowest BCUT2D eigenvalue weighted by Crippen LogP contribution is -2.32. The van der Waals surface area contributed by atoms with Crippen molar-refractivity contribution in [3.63, 3.8) is 0 Å². The highest BCUT2D eigenvalue weighted by Gasteiger charge is 2.22. The third-order valence-electron chi connectivity index (χ3n) is 4.73. The fourth-order valence-corrected chi connectivity index (χ4v) is 3.34. The molecule has 1 aliphatic rings. The van der Waals surface area contributed by atoms with Crippen molar-refractivity contribution in [2.24, 2.45) is 0 Å². The number of urea groups is 1. The molecule has 0 spiro atoms. The van der Waals surface area contributed by atoms with Crippen molar-refractivity contribution in [2.45, 2.75) is 38.8 Å². The Kier molecular flexibility index (Phi) is 6.64. The SMILES string of the molecule is CCC(NC(=O)Nc1ccc(N2CCCC2=O)cc1)c1ccccc1OC(F)F. The van der Waals surface area contributed by atoms with Crippen LogP contribution in [0.15, 0.2) is 48.5 Å². The van der Waals surface area contributed by atoms with E-state index in [1.807, 2.05) is 6.92 Å². The third-order valence-corrected chi connectivity index (χ3v) is 4.73. The van der Waals surface area contributed by atoms with Crippen molar-refractivity contribution in [3.05, 3.63) is 54.1 Å². The maximum atomic E-state index is 12.6. The van der Waals surface area contributed by atoms with Gasteiger partial charge < -0.3 is 20.3 Å². The minimum Gasteiger partial charge on any atom is -0.434 e. The van der Waals surface area contributed by atoms with Gasteiger partial charge in [-0.25, -0.2) is 4.79 Å². The number of hydrogen-bond acceptors (Lipinski definition) is 3. The molecule has 2 N–H and O–H groups in total.